The van der Waals surface area contributed by atoms with Crippen LogP contribution in [0.15, 0.2) is 17.5 Å². The lowest BCUT2D eigenvalue weighted by Crippen LogP contribution is -2.42. The van der Waals surface area contributed by atoms with Gasteiger partial charge < -0.3 is 15.5 Å². The number of thiophene rings is 1. The van der Waals surface area contributed by atoms with Crippen LogP contribution in [0.2, 0.25) is 0 Å². The van der Waals surface area contributed by atoms with Crippen LogP contribution < -0.4 is 10.6 Å². The van der Waals surface area contributed by atoms with E-state index in [0.717, 1.165) is 0 Å². The van der Waals surface area contributed by atoms with Gasteiger partial charge in [0.25, 0.3) is 5.91 Å². The number of carbonyl (C=O) groups excluding carboxylic acids is 2. The fourth-order valence-corrected chi connectivity index (χ4v) is 2.02. The van der Waals surface area contributed by atoms with E-state index in [1.807, 2.05) is 25.4 Å². The van der Waals surface area contributed by atoms with Crippen LogP contribution in [0.5, 0.6) is 0 Å². The maximum Gasteiger partial charge on any atom is 0.264 e. The summed E-state index contributed by atoms with van der Waals surface area (Å²) < 4.78 is 0. The first kappa shape index (κ1) is 17.9. The van der Waals surface area contributed by atoms with E-state index in [9.17, 15) is 9.59 Å². The molecule has 0 aliphatic heterocycles. The molecular formula is C12H20ClN3O2S. The lowest BCUT2D eigenvalue weighted by atomic mass is 10.3. The molecule has 1 rings (SSSR count). The van der Waals surface area contributed by atoms with Crippen LogP contribution in [0.1, 0.15) is 16.6 Å². The van der Waals surface area contributed by atoms with Gasteiger partial charge in [0.2, 0.25) is 5.91 Å². The van der Waals surface area contributed by atoms with Crippen LogP contribution in [0.4, 0.5) is 0 Å². The van der Waals surface area contributed by atoms with Gasteiger partial charge >= 0.3 is 0 Å². The van der Waals surface area contributed by atoms with Gasteiger partial charge in [-0.15, -0.1) is 23.7 Å². The SMILES string of the molecule is CNC(C)CNC(=O)CN(C)C(=O)c1cccs1.Cl. The molecule has 0 aliphatic carbocycles. The molecule has 0 radical (unpaired) electrons. The van der Waals surface area contributed by atoms with Gasteiger partial charge in [0.1, 0.15) is 0 Å². The molecule has 7 heteroatoms. The summed E-state index contributed by atoms with van der Waals surface area (Å²) in [5.74, 6) is -0.272. The summed E-state index contributed by atoms with van der Waals surface area (Å²) in [7, 11) is 3.46. The third-order valence-corrected chi connectivity index (χ3v) is 3.42. The predicted molar refractivity (Wildman–Crippen MR) is 80.1 cm³/mol. The first-order valence-electron chi connectivity index (χ1n) is 5.77. The number of nitrogens with one attached hydrogen (secondary N) is 2. The Bertz CT molecular complexity index is 398. The second-order valence-corrected chi connectivity index (χ2v) is 5.08. The Balaban J connectivity index is 0.00000324. The minimum atomic E-state index is -0.149. The summed E-state index contributed by atoms with van der Waals surface area (Å²) in [6.07, 6.45) is 0. The third kappa shape index (κ3) is 6.04. The molecule has 2 N–H and O–H groups in total. The molecule has 0 saturated heterocycles. The number of rotatable bonds is 6. The maximum atomic E-state index is 11.9. The highest BCUT2D eigenvalue weighted by Crippen LogP contribution is 2.10. The van der Waals surface area contributed by atoms with Gasteiger partial charge in [-0.2, -0.15) is 0 Å². The van der Waals surface area contributed by atoms with Crippen molar-refractivity contribution in [2.45, 2.75) is 13.0 Å². The number of nitrogens with zero attached hydrogens (tertiary/aromatic N) is 1. The first-order chi connectivity index (χ1) is 8.54. The largest absolute Gasteiger partial charge is 0.353 e. The number of likely N-dealkylation sites (N-methyl/N-ethyl adjacent to an activating group) is 2. The molecule has 0 aromatic carbocycles. The van der Waals surface area contributed by atoms with Gasteiger partial charge in [-0.1, -0.05) is 6.07 Å². The van der Waals surface area contributed by atoms with Gasteiger partial charge in [-0.3, -0.25) is 9.59 Å². The molecule has 0 spiro atoms. The molecule has 5 nitrogen and oxygen atoms in total. The molecule has 0 fully saturated rings. The van der Waals surface area contributed by atoms with Crippen molar-refractivity contribution in [3.63, 3.8) is 0 Å². The minimum absolute atomic E-state index is 0. The standard InChI is InChI=1S/C12H19N3O2S.ClH/c1-9(13-2)7-14-11(16)8-15(3)12(17)10-5-4-6-18-10;/h4-6,9,13H,7-8H2,1-3H3,(H,14,16);1H. The van der Waals surface area contributed by atoms with Crippen LogP contribution in [0.25, 0.3) is 0 Å². The van der Waals surface area contributed by atoms with Crippen molar-refractivity contribution in [2.24, 2.45) is 0 Å². The molecule has 0 aliphatic rings. The third-order valence-electron chi connectivity index (χ3n) is 2.56. The molecule has 0 saturated carbocycles. The average molecular weight is 306 g/mol. The van der Waals surface area contributed by atoms with E-state index in [4.69, 9.17) is 0 Å². The lowest BCUT2D eigenvalue weighted by Gasteiger charge is -2.17. The van der Waals surface area contributed by atoms with Crippen LogP contribution in [0, 0.1) is 0 Å². The Hall–Kier alpha value is -1.11. The summed E-state index contributed by atoms with van der Waals surface area (Å²) in [5.41, 5.74) is 0. The second-order valence-electron chi connectivity index (χ2n) is 4.13. The summed E-state index contributed by atoms with van der Waals surface area (Å²) in [4.78, 5) is 25.6. The normalized spacial score (nSPS) is 11.3. The highest BCUT2D eigenvalue weighted by atomic mass is 35.5. The Morgan fingerprint density at radius 3 is 2.68 bits per heavy atom. The zero-order chi connectivity index (χ0) is 13.5. The van der Waals surface area contributed by atoms with E-state index in [-0.39, 0.29) is 36.8 Å². The van der Waals surface area contributed by atoms with E-state index < -0.39 is 0 Å². The molecule has 0 bridgehead atoms. The molecule has 1 aromatic rings. The summed E-state index contributed by atoms with van der Waals surface area (Å²) in [6.45, 7) is 2.60. The summed E-state index contributed by atoms with van der Waals surface area (Å²) >= 11 is 1.38. The van der Waals surface area contributed by atoms with Crippen molar-refractivity contribution in [2.75, 3.05) is 27.2 Å². The van der Waals surface area contributed by atoms with Gasteiger partial charge in [-0.25, -0.2) is 0 Å². The van der Waals surface area contributed by atoms with Crippen molar-refractivity contribution in [1.82, 2.24) is 15.5 Å². The zero-order valence-electron chi connectivity index (χ0n) is 11.3. The Morgan fingerprint density at radius 1 is 1.47 bits per heavy atom. The fraction of sp³-hybridized carbons (Fsp3) is 0.500. The quantitative estimate of drug-likeness (QED) is 0.823. The first-order valence-corrected chi connectivity index (χ1v) is 6.65. The highest BCUT2D eigenvalue weighted by molar-refractivity contribution is 7.12. The van der Waals surface area contributed by atoms with Gasteiger partial charge in [-0.05, 0) is 25.4 Å². The summed E-state index contributed by atoms with van der Waals surface area (Å²) in [6, 6.07) is 3.79. The number of amides is 2. The molecule has 1 atom stereocenters. The van der Waals surface area contributed by atoms with Crippen molar-refractivity contribution in [1.29, 1.82) is 0 Å². The molecule has 1 unspecified atom stereocenters. The Labute approximate surface area is 123 Å². The highest BCUT2D eigenvalue weighted by Gasteiger charge is 2.15. The van der Waals surface area contributed by atoms with Crippen molar-refractivity contribution in [3.05, 3.63) is 22.4 Å². The van der Waals surface area contributed by atoms with E-state index in [1.54, 1.807) is 13.1 Å². The molecule has 1 heterocycles. The van der Waals surface area contributed by atoms with Gasteiger partial charge in [0, 0.05) is 19.6 Å². The smallest absolute Gasteiger partial charge is 0.264 e. The van der Waals surface area contributed by atoms with Crippen molar-refractivity contribution in [3.8, 4) is 0 Å². The average Bonchev–Trinajstić information content (AvgIpc) is 2.88. The van der Waals surface area contributed by atoms with E-state index in [0.29, 0.717) is 11.4 Å². The lowest BCUT2D eigenvalue weighted by molar-refractivity contribution is -0.121. The number of carbonyl (C=O) groups is 2. The van der Waals surface area contributed by atoms with Gasteiger partial charge in [0.15, 0.2) is 0 Å². The number of hydrogen-bond donors (Lipinski definition) is 2. The second kappa shape index (κ2) is 8.90. The fourth-order valence-electron chi connectivity index (χ4n) is 1.30. The molecule has 1 aromatic heterocycles. The van der Waals surface area contributed by atoms with E-state index in [2.05, 4.69) is 10.6 Å². The predicted octanol–water partition coefficient (Wildman–Crippen LogP) is 0.966. The summed E-state index contributed by atoms with van der Waals surface area (Å²) in [5, 5.41) is 7.64. The van der Waals surface area contributed by atoms with Crippen LogP contribution >= 0.6 is 23.7 Å². The van der Waals surface area contributed by atoms with Crippen LogP contribution in [-0.2, 0) is 4.79 Å². The molecule has 2 amide bonds. The maximum absolute atomic E-state index is 11.9. The topological polar surface area (TPSA) is 61.4 Å². The van der Waals surface area contributed by atoms with Gasteiger partial charge in [0.05, 0.1) is 11.4 Å². The Morgan fingerprint density at radius 2 is 2.16 bits per heavy atom. The zero-order valence-corrected chi connectivity index (χ0v) is 12.9. The Kier molecular flexibility index (Phi) is 8.38. The van der Waals surface area contributed by atoms with Crippen molar-refractivity contribution < 1.29 is 9.59 Å². The molecule has 108 valence electrons. The van der Waals surface area contributed by atoms with Crippen molar-refractivity contribution >= 4 is 35.6 Å². The number of halogens is 1. The van der Waals surface area contributed by atoms with Crippen LogP contribution in [0.3, 0.4) is 0 Å². The molecular weight excluding hydrogens is 286 g/mol. The monoisotopic (exact) mass is 305 g/mol. The van der Waals surface area contributed by atoms with E-state index in [1.165, 1.54) is 16.2 Å². The number of hydrogen-bond acceptors (Lipinski definition) is 4. The minimum Gasteiger partial charge on any atom is -0.353 e. The molecule has 19 heavy (non-hydrogen) atoms. The van der Waals surface area contributed by atoms with E-state index >= 15 is 0 Å². The van der Waals surface area contributed by atoms with Crippen LogP contribution in [-0.4, -0.2) is 49.9 Å².